The third kappa shape index (κ3) is 2.10. The molecule has 2 aromatic heterocycles. The molecular weight excluding hydrogens is 190 g/mol. The van der Waals surface area contributed by atoms with Gasteiger partial charge in [-0.05, 0) is 31.2 Å². The molecule has 1 atom stereocenters. The van der Waals surface area contributed by atoms with Gasteiger partial charge in [-0.3, -0.25) is 0 Å². The average Bonchev–Trinajstić information content (AvgIpc) is 2.74. The Balaban J connectivity index is 2.13. The smallest absolute Gasteiger partial charge is 0.237 e. The molecule has 2 aromatic rings. The standard InChI is InChI=1S/C11H13N3O/c1-8(10-5-3-6-13-10)15-11-9(12)4-2-7-14-11/h2-8,13H,12H2,1H3. The van der Waals surface area contributed by atoms with Gasteiger partial charge in [-0.15, -0.1) is 0 Å². The number of aromatic nitrogens is 2. The summed E-state index contributed by atoms with van der Waals surface area (Å²) in [6, 6.07) is 7.44. The maximum absolute atomic E-state index is 5.72. The van der Waals surface area contributed by atoms with Gasteiger partial charge in [0.25, 0.3) is 0 Å². The van der Waals surface area contributed by atoms with Crippen molar-refractivity contribution < 1.29 is 4.74 Å². The van der Waals surface area contributed by atoms with E-state index in [9.17, 15) is 0 Å². The van der Waals surface area contributed by atoms with Crippen molar-refractivity contribution >= 4 is 5.69 Å². The van der Waals surface area contributed by atoms with Gasteiger partial charge in [0.05, 0.1) is 11.4 Å². The largest absolute Gasteiger partial charge is 0.467 e. The van der Waals surface area contributed by atoms with Crippen molar-refractivity contribution in [2.75, 3.05) is 5.73 Å². The quantitative estimate of drug-likeness (QED) is 0.803. The summed E-state index contributed by atoms with van der Waals surface area (Å²) in [5.74, 6) is 0.472. The number of rotatable bonds is 3. The number of hydrogen-bond donors (Lipinski definition) is 2. The molecule has 0 aliphatic heterocycles. The minimum atomic E-state index is -0.0859. The Hall–Kier alpha value is -1.97. The van der Waals surface area contributed by atoms with Crippen LogP contribution in [0.15, 0.2) is 36.7 Å². The summed E-state index contributed by atoms with van der Waals surface area (Å²) in [5, 5.41) is 0. The molecule has 15 heavy (non-hydrogen) atoms. The highest BCUT2D eigenvalue weighted by molar-refractivity contribution is 5.47. The van der Waals surface area contributed by atoms with Gasteiger partial charge in [0.2, 0.25) is 5.88 Å². The van der Waals surface area contributed by atoms with Crippen molar-refractivity contribution in [3.63, 3.8) is 0 Å². The first-order valence-electron chi connectivity index (χ1n) is 4.78. The highest BCUT2D eigenvalue weighted by atomic mass is 16.5. The van der Waals surface area contributed by atoms with Gasteiger partial charge in [-0.25, -0.2) is 4.98 Å². The molecule has 0 aliphatic carbocycles. The van der Waals surface area contributed by atoms with Crippen LogP contribution in [0.5, 0.6) is 5.88 Å². The van der Waals surface area contributed by atoms with Crippen LogP contribution in [0.2, 0.25) is 0 Å². The number of anilines is 1. The summed E-state index contributed by atoms with van der Waals surface area (Å²) in [5.41, 5.74) is 7.28. The number of nitrogens with two attached hydrogens (primary N) is 1. The molecule has 0 saturated heterocycles. The molecule has 0 amide bonds. The monoisotopic (exact) mass is 203 g/mol. The van der Waals surface area contributed by atoms with Crippen LogP contribution < -0.4 is 10.5 Å². The number of ether oxygens (including phenoxy) is 1. The zero-order valence-electron chi connectivity index (χ0n) is 8.47. The van der Waals surface area contributed by atoms with E-state index in [-0.39, 0.29) is 6.10 Å². The van der Waals surface area contributed by atoms with Crippen LogP contribution in [0.1, 0.15) is 18.7 Å². The van der Waals surface area contributed by atoms with Gasteiger partial charge in [0.15, 0.2) is 0 Å². The first kappa shape index (κ1) is 9.58. The second-order valence-electron chi connectivity index (χ2n) is 3.28. The lowest BCUT2D eigenvalue weighted by atomic mass is 10.3. The van der Waals surface area contributed by atoms with E-state index in [2.05, 4.69) is 9.97 Å². The van der Waals surface area contributed by atoms with Gasteiger partial charge in [0, 0.05) is 12.4 Å². The van der Waals surface area contributed by atoms with Crippen LogP contribution in [0.3, 0.4) is 0 Å². The van der Waals surface area contributed by atoms with Crippen molar-refractivity contribution in [2.24, 2.45) is 0 Å². The van der Waals surface area contributed by atoms with Crippen LogP contribution in [0.25, 0.3) is 0 Å². The van der Waals surface area contributed by atoms with E-state index in [1.54, 1.807) is 18.3 Å². The van der Waals surface area contributed by atoms with E-state index in [1.807, 2.05) is 25.3 Å². The fourth-order valence-electron chi connectivity index (χ4n) is 1.33. The van der Waals surface area contributed by atoms with Gasteiger partial charge in [-0.2, -0.15) is 0 Å². The predicted molar refractivity (Wildman–Crippen MR) is 58.5 cm³/mol. The Labute approximate surface area is 88.1 Å². The molecule has 4 nitrogen and oxygen atoms in total. The Morgan fingerprint density at radius 1 is 1.40 bits per heavy atom. The highest BCUT2D eigenvalue weighted by Gasteiger charge is 2.09. The van der Waals surface area contributed by atoms with Crippen LogP contribution in [-0.4, -0.2) is 9.97 Å². The lowest BCUT2D eigenvalue weighted by Gasteiger charge is -2.13. The van der Waals surface area contributed by atoms with Gasteiger partial charge in [0.1, 0.15) is 6.10 Å². The second-order valence-corrected chi connectivity index (χ2v) is 3.28. The van der Waals surface area contributed by atoms with E-state index in [1.165, 1.54) is 0 Å². The molecule has 0 saturated carbocycles. The maximum atomic E-state index is 5.72. The summed E-state index contributed by atoms with van der Waals surface area (Å²) in [4.78, 5) is 7.15. The zero-order valence-corrected chi connectivity index (χ0v) is 8.47. The summed E-state index contributed by atoms with van der Waals surface area (Å²) >= 11 is 0. The van der Waals surface area contributed by atoms with Crippen molar-refractivity contribution in [1.29, 1.82) is 0 Å². The predicted octanol–water partition coefficient (Wildman–Crippen LogP) is 2.13. The van der Waals surface area contributed by atoms with Crippen molar-refractivity contribution in [2.45, 2.75) is 13.0 Å². The SMILES string of the molecule is CC(Oc1ncccc1N)c1ccc[nH]1. The number of nitrogens with one attached hydrogen (secondary N) is 1. The molecule has 2 heterocycles. The zero-order chi connectivity index (χ0) is 10.7. The molecule has 0 aliphatic rings. The molecule has 1 unspecified atom stereocenters. The molecule has 3 N–H and O–H groups in total. The third-order valence-electron chi connectivity index (χ3n) is 2.15. The second kappa shape index (κ2) is 4.04. The molecule has 4 heteroatoms. The Bertz CT molecular complexity index is 425. The van der Waals surface area contributed by atoms with Crippen LogP contribution in [0.4, 0.5) is 5.69 Å². The van der Waals surface area contributed by atoms with Crippen molar-refractivity contribution in [3.05, 3.63) is 42.4 Å². The number of H-pyrrole nitrogens is 1. The topological polar surface area (TPSA) is 63.9 Å². The maximum Gasteiger partial charge on any atom is 0.237 e. The lowest BCUT2D eigenvalue weighted by molar-refractivity contribution is 0.215. The van der Waals surface area contributed by atoms with Crippen LogP contribution >= 0.6 is 0 Å². The molecule has 0 spiro atoms. The van der Waals surface area contributed by atoms with Crippen LogP contribution in [0, 0.1) is 0 Å². The minimum absolute atomic E-state index is 0.0859. The summed E-state index contributed by atoms with van der Waals surface area (Å²) < 4.78 is 5.62. The van der Waals surface area contributed by atoms with Gasteiger partial charge in [-0.1, -0.05) is 0 Å². The molecule has 0 radical (unpaired) electrons. The normalized spacial score (nSPS) is 12.3. The Morgan fingerprint density at radius 3 is 2.93 bits per heavy atom. The van der Waals surface area contributed by atoms with Crippen molar-refractivity contribution in [3.8, 4) is 5.88 Å². The summed E-state index contributed by atoms with van der Waals surface area (Å²) in [6.07, 6.45) is 3.43. The first-order chi connectivity index (χ1) is 7.27. The minimum Gasteiger partial charge on any atom is -0.467 e. The first-order valence-corrected chi connectivity index (χ1v) is 4.78. The molecule has 0 aromatic carbocycles. The fraction of sp³-hybridized carbons (Fsp3) is 0.182. The number of nitrogen functional groups attached to an aromatic ring is 1. The lowest BCUT2D eigenvalue weighted by Crippen LogP contribution is -2.06. The molecule has 0 fully saturated rings. The average molecular weight is 203 g/mol. The molecule has 78 valence electrons. The van der Waals surface area contributed by atoms with E-state index in [0.717, 1.165) is 5.69 Å². The van der Waals surface area contributed by atoms with E-state index in [0.29, 0.717) is 11.6 Å². The third-order valence-corrected chi connectivity index (χ3v) is 2.15. The molecule has 2 rings (SSSR count). The fourth-order valence-corrected chi connectivity index (χ4v) is 1.33. The van der Waals surface area contributed by atoms with E-state index in [4.69, 9.17) is 10.5 Å². The van der Waals surface area contributed by atoms with Crippen molar-refractivity contribution in [1.82, 2.24) is 9.97 Å². The summed E-state index contributed by atoms with van der Waals surface area (Å²) in [7, 11) is 0. The molecular formula is C11H13N3O. The number of pyridine rings is 1. The van der Waals surface area contributed by atoms with Gasteiger partial charge < -0.3 is 15.5 Å². The molecule has 0 bridgehead atoms. The van der Waals surface area contributed by atoms with Crippen LogP contribution in [-0.2, 0) is 0 Å². The highest BCUT2D eigenvalue weighted by Crippen LogP contribution is 2.23. The van der Waals surface area contributed by atoms with E-state index >= 15 is 0 Å². The number of aromatic amines is 1. The number of hydrogen-bond acceptors (Lipinski definition) is 3. The Kier molecular flexibility index (Phi) is 2.58. The number of nitrogens with zero attached hydrogens (tertiary/aromatic N) is 1. The summed E-state index contributed by atoms with van der Waals surface area (Å²) in [6.45, 7) is 1.94. The van der Waals surface area contributed by atoms with Gasteiger partial charge >= 0.3 is 0 Å². The van der Waals surface area contributed by atoms with E-state index < -0.39 is 0 Å². The Morgan fingerprint density at radius 2 is 2.27 bits per heavy atom.